The van der Waals surface area contributed by atoms with Crippen LogP contribution in [0.3, 0.4) is 0 Å². The lowest BCUT2D eigenvalue weighted by atomic mass is 9.98. The average Bonchev–Trinajstić information content (AvgIpc) is 2.45. The Kier molecular flexibility index (Phi) is 6.65. The molecule has 0 bridgehead atoms. The maximum atomic E-state index is 12.0. The zero-order chi connectivity index (χ0) is 17.6. The van der Waals surface area contributed by atoms with Gasteiger partial charge in [0.2, 0.25) is 0 Å². The van der Waals surface area contributed by atoms with E-state index in [9.17, 15) is 14.4 Å². The first kappa shape index (κ1) is 19.1. The van der Waals surface area contributed by atoms with Crippen molar-refractivity contribution in [1.29, 1.82) is 0 Å². The third kappa shape index (κ3) is 6.75. The molecule has 8 nitrogen and oxygen atoms in total. The monoisotopic (exact) mass is 329 g/mol. The maximum absolute atomic E-state index is 12.0. The van der Waals surface area contributed by atoms with Gasteiger partial charge < -0.3 is 25.0 Å². The third-order valence-corrected chi connectivity index (χ3v) is 3.44. The minimum Gasteiger partial charge on any atom is -0.464 e. The molecule has 1 atom stereocenters. The van der Waals surface area contributed by atoms with Gasteiger partial charge in [0.15, 0.2) is 0 Å². The van der Waals surface area contributed by atoms with Crippen LogP contribution < -0.4 is 5.73 Å². The number of carbonyl (C=O) groups excluding carboxylic acids is 3. The van der Waals surface area contributed by atoms with Crippen molar-refractivity contribution in [1.82, 2.24) is 9.80 Å². The first-order valence-electron chi connectivity index (χ1n) is 7.75. The van der Waals surface area contributed by atoms with E-state index < -0.39 is 17.7 Å². The molecule has 0 aromatic carbocycles. The highest BCUT2D eigenvalue weighted by molar-refractivity contribution is 5.76. The number of nitrogens with two attached hydrogens (primary N) is 1. The van der Waals surface area contributed by atoms with Gasteiger partial charge >= 0.3 is 18.1 Å². The maximum Gasteiger partial charge on any atom is 0.410 e. The van der Waals surface area contributed by atoms with Crippen LogP contribution >= 0.6 is 0 Å². The van der Waals surface area contributed by atoms with Gasteiger partial charge in [-0.3, -0.25) is 4.79 Å². The fourth-order valence-corrected chi connectivity index (χ4v) is 2.20. The fourth-order valence-electron chi connectivity index (χ4n) is 2.20. The summed E-state index contributed by atoms with van der Waals surface area (Å²) in [4.78, 5) is 37.7. The lowest BCUT2D eigenvalue weighted by Gasteiger charge is -2.30. The molecule has 23 heavy (non-hydrogen) atoms. The number of hydrogen-bond acceptors (Lipinski definition) is 5. The highest BCUT2D eigenvalue weighted by Gasteiger charge is 2.28. The van der Waals surface area contributed by atoms with E-state index in [1.807, 2.05) is 0 Å². The summed E-state index contributed by atoms with van der Waals surface area (Å²) < 4.78 is 10.4. The van der Waals surface area contributed by atoms with Gasteiger partial charge in [-0.25, -0.2) is 9.59 Å². The first-order chi connectivity index (χ1) is 10.6. The smallest absolute Gasteiger partial charge is 0.410 e. The lowest BCUT2D eigenvalue weighted by molar-refractivity contribution is -0.150. The summed E-state index contributed by atoms with van der Waals surface area (Å²) in [5, 5.41) is 0. The molecule has 1 aliphatic heterocycles. The average molecular weight is 329 g/mol. The SMILES string of the molecule is CN(CCOC(=O)[C@@H]1CCCN(C(N)=O)C1)C(=O)OC(C)(C)C. The molecule has 1 rings (SSSR count). The van der Waals surface area contributed by atoms with Crippen LogP contribution in [0.1, 0.15) is 33.6 Å². The second-order valence-corrected chi connectivity index (χ2v) is 6.69. The highest BCUT2D eigenvalue weighted by atomic mass is 16.6. The minimum atomic E-state index is -0.567. The van der Waals surface area contributed by atoms with E-state index in [1.165, 1.54) is 9.80 Å². The van der Waals surface area contributed by atoms with Crippen LogP contribution in [0, 0.1) is 5.92 Å². The predicted molar refractivity (Wildman–Crippen MR) is 83.7 cm³/mol. The van der Waals surface area contributed by atoms with Crippen molar-refractivity contribution in [3.63, 3.8) is 0 Å². The second-order valence-electron chi connectivity index (χ2n) is 6.69. The van der Waals surface area contributed by atoms with E-state index in [-0.39, 0.29) is 31.6 Å². The van der Waals surface area contributed by atoms with E-state index in [4.69, 9.17) is 15.2 Å². The summed E-state index contributed by atoms with van der Waals surface area (Å²) in [6, 6.07) is -0.521. The molecule has 0 unspecified atom stereocenters. The molecule has 1 fully saturated rings. The number of piperidine rings is 1. The molecule has 3 amide bonds. The van der Waals surface area contributed by atoms with Crippen LogP contribution in [0.5, 0.6) is 0 Å². The number of nitrogens with zero attached hydrogens (tertiary/aromatic N) is 2. The first-order valence-corrected chi connectivity index (χ1v) is 7.75. The van der Waals surface area contributed by atoms with Gasteiger partial charge in [-0.2, -0.15) is 0 Å². The van der Waals surface area contributed by atoms with Crippen LogP contribution in [-0.4, -0.2) is 66.8 Å². The van der Waals surface area contributed by atoms with Gasteiger partial charge in [0.1, 0.15) is 12.2 Å². The van der Waals surface area contributed by atoms with E-state index in [1.54, 1.807) is 27.8 Å². The van der Waals surface area contributed by atoms with Crippen molar-refractivity contribution in [3.05, 3.63) is 0 Å². The summed E-state index contributed by atoms with van der Waals surface area (Å²) in [5.41, 5.74) is 4.66. The molecule has 2 N–H and O–H groups in total. The number of primary amides is 1. The number of likely N-dealkylation sites (N-methyl/N-ethyl adjacent to an activating group) is 1. The fraction of sp³-hybridized carbons (Fsp3) is 0.800. The molecule has 1 aliphatic rings. The Morgan fingerprint density at radius 3 is 2.52 bits per heavy atom. The molecule has 1 heterocycles. The number of esters is 1. The number of likely N-dealkylation sites (tertiary alicyclic amines) is 1. The van der Waals surface area contributed by atoms with Gasteiger partial charge in [-0.15, -0.1) is 0 Å². The zero-order valence-electron chi connectivity index (χ0n) is 14.3. The van der Waals surface area contributed by atoms with Crippen LogP contribution in [-0.2, 0) is 14.3 Å². The van der Waals surface area contributed by atoms with Crippen LogP contribution in [0.15, 0.2) is 0 Å². The van der Waals surface area contributed by atoms with Gasteiger partial charge in [0.25, 0.3) is 0 Å². The second kappa shape index (κ2) is 8.03. The van der Waals surface area contributed by atoms with E-state index in [2.05, 4.69) is 0 Å². The summed E-state index contributed by atoms with van der Waals surface area (Å²) in [6.07, 6.45) is 0.927. The Morgan fingerprint density at radius 2 is 1.96 bits per heavy atom. The Bertz CT molecular complexity index is 447. The van der Waals surface area contributed by atoms with E-state index >= 15 is 0 Å². The summed E-state index contributed by atoms with van der Waals surface area (Å²) in [5.74, 6) is -0.725. The van der Waals surface area contributed by atoms with Crippen molar-refractivity contribution in [2.45, 2.75) is 39.2 Å². The normalized spacial score (nSPS) is 18.3. The molecule has 0 radical (unpaired) electrons. The number of amides is 3. The van der Waals surface area contributed by atoms with Crippen molar-refractivity contribution in [2.24, 2.45) is 11.7 Å². The molecule has 0 aromatic heterocycles. The predicted octanol–water partition coefficient (Wildman–Crippen LogP) is 1.19. The van der Waals surface area contributed by atoms with Crippen LogP contribution in [0.2, 0.25) is 0 Å². The van der Waals surface area contributed by atoms with Gasteiger partial charge in [0, 0.05) is 20.1 Å². The molecule has 1 saturated heterocycles. The Hall–Kier alpha value is -1.99. The number of ether oxygens (including phenoxy) is 2. The highest BCUT2D eigenvalue weighted by Crippen LogP contribution is 2.17. The molecule has 0 aliphatic carbocycles. The molecule has 8 heteroatoms. The number of rotatable bonds is 4. The molecule has 0 spiro atoms. The van der Waals surface area contributed by atoms with Crippen LogP contribution in [0.4, 0.5) is 9.59 Å². The minimum absolute atomic E-state index is 0.0850. The summed E-state index contributed by atoms with van der Waals surface area (Å²) >= 11 is 0. The van der Waals surface area contributed by atoms with Crippen LogP contribution in [0.25, 0.3) is 0 Å². The van der Waals surface area contributed by atoms with Crippen molar-refractivity contribution < 1.29 is 23.9 Å². The molecular weight excluding hydrogens is 302 g/mol. The molecule has 0 saturated carbocycles. The summed E-state index contributed by atoms with van der Waals surface area (Å²) in [6.45, 7) is 6.54. The largest absolute Gasteiger partial charge is 0.464 e. The van der Waals surface area contributed by atoms with Gasteiger partial charge in [0.05, 0.1) is 12.5 Å². The Balaban J connectivity index is 2.33. The third-order valence-electron chi connectivity index (χ3n) is 3.44. The topological polar surface area (TPSA) is 102 Å². The lowest BCUT2D eigenvalue weighted by Crippen LogP contribution is -2.45. The van der Waals surface area contributed by atoms with Gasteiger partial charge in [-0.1, -0.05) is 0 Å². The number of carbonyl (C=O) groups is 3. The quantitative estimate of drug-likeness (QED) is 0.780. The van der Waals surface area contributed by atoms with Gasteiger partial charge in [-0.05, 0) is 33.6 Å². The number of hydrogen-bond donors (Lipinski definition) is 1. The molecule has 0 aromatic rings. The van der Waals surface area contributed by atoms with Crippen molar-refractivity contribution in [2.75, 3.05) is 33.3 Å². The summed E-state index contributed by atoms with van der Waals surface area (Å²) in [7, 11) is 1.58. The molecule has 132 valence electrons. The zero-order valence-corrected chi connectivity index (χ0v) is 14.3. The number of urea groups is 1. The Labute approximate surface area is 136 Å². The van der Waals surface area contributed by atoms with E-state index in [0.717, 1.165) is 6.42 Å². The van der Waals surface area contributed by atoms with E-state index in [0.29, 0.717) is 13.0 Å². The molecular formula is C15H27N3O5. The van der Waals surface area contributed by atoms with Crippen molar-refractivity contribution >= 4 is 18.1 Å². The Morgan fingerprint density at radius 1 is 1.30 bits per heavy atom. The standard InChI is InChI=1S/C15H27N3O5/c1-15(2,3)23-14(21)17(4)8-9-22-12(19)11-6-5-7-18(10-11)13(16)20/h11H,5-10H2,1-4H3,(H2,16,20)/t11-/m1/s1. The van der Waals surface area contributed by atoms with Crippen molar-refractivity contribution in [3.8, 4) is 0 Å².